The average molecular weight is 499 g/mol. The average Bonchev–Trinajstić information content (AvgIpc) is 2.90. The van der Waals surface area contributed by atoms with Crippen molar-refractivity contribution in [3.8, 4) is 5.75 Å². The van der Waals surface area contributed by atoms with Gasteiger partial charge < -0.3 is 15.8 Å². The van der Waals surface area contributed by atoms with Crippen molar-refractivity contribution < 1.29 is 9.53 Å². The van der Waals surface area contributed by atoms with Crippen LogP contribution < -0.4 is 26.6 Å². The Hall–Kier alpha value is -3.03. The Kier molecular flexibility index (Phi) is 14.8. The number of carbonyl (C=O) groups excluding carboxylic acids is 1. The van der Waals surface area contributed by atoms with Crippen LogP contribution in [0, 0.1) is 0 Å². The minimum atomic E-state index is -0.345. The first-order chi connectivity index (χ1) is 17.7. The zero-order chi connectivity index (χ0) is 25.8. The summed E-state index contributed by atoms with van der Waals surface area (Å²) >= 11 is 0. The molecule has 2 aromatic rings. The predicted octanol–water partition coefficient (Wildman–Crippen LogP) is 6.72. The van der Waals surface area contributed by atoms with Gasteiger partial charge in [-0.25, -0.2) is 9.97 Å². The fourth-order valence-corrected chi connectivity index (χ4v) is 4.18. The van der Waals surface area contributed by atoms with Crippen molar-refractivity contribution in [1.29, 1.82) is 0 Å². The minimum Gasteiger partial charge on any atom is -0.496 e. The number of hydrazine groups is 1. The van der Waals surface area contributed by atoms with Crippen molar-refractivity contribution >= 4 is 23.2 Å². The SMILES string of the molecule is CCCCCCCCCCCCCCCCNc1ncnc(NNC(=O)c2ccccc2OC)c1N. The molecule has 8 nitrogen and oxygen atoms in total. The van der Waals surface area contributed by atoms with Crippen molar-refractivity contribution in [3.63, 3.8) is 0 Å². The standard InChI is InChI=1S/C28H46N6O2/c1-3-4-5-6-7-8-9-10-11-12-13-14-15-18-21-30-26-25(29)27(32-22-31-26)33-34-28(35)23-19-16-17-20-24(23)36-2/h16-17,19-20,22H,3-15,18,21,29H2,1-2H3,(H,34,35)(H2,30,31,32,33). The van der Waals surface area contributed by atoms with E-state index in [2.05, 4.69) is 33.1 Å². The van der Waals surface area contributed by atoms with Gasteiger partial charge in [-0.15, -0.1) is 0 Å². The number of nitrogens with two attached hydrogens (primary N) is 1. The molecule has 0 aliphatic heterocycles. The highest BCUT2D eigenvalue weighted by Crippen LogP contribution is 2.22. The molecule has 1 aromatic carbocycles. The highest BCUT2D eigenvalue weighted by molar-refractivity contribution is 5.97. The van der Waals surface area contributed by atoms with E-state index in [9.17, 15) is 4.79 Å². The number of para-hydroxylation sites is 1. The fourth-order valence-electron chi connectivity index (χ4n) is 4.18. The van der Waals surface area contributed by atoms with E-state index in [1.807, 2.05) is 0 Å². The molecule has 1 aromatic heterocycles. The summed E-state index contributed by atoms with van der Waals surface area (Å²) in [6, 6.07) is 6.99. The molecule has 0 spiro atoms. The topological polar surface area (TPSA) is 114 Å². The number of methoxy groups -OCH3 is 1. The first-order valence-corrected chi connectivity index (χ1v) is 13.7. The van der Waals surface area contributed by atoms with E-state index in [-0.39, 0.29) is 5.91 Å². The molecular weight excluding hydrogens is 452 g/mol. The molecule has 1 heterocycles. The number of anilines is 3. The van der Waals surface area contributed by atoms with Gasteiger partial charge in [0.2, 0.25) is 0 Å². The molecule has 0 fully saturated rings. The van der Waals surface area contributed by atoms with Gasteiger partial charge in [-0.05, 0) is 18.6 Å². The maximum atomic E-state index is 12.5. The summed E-state index contributed by atoms with van der Waals surface area (Å²) in [5.41, 5.74) is 12.4. The first kappa shape index (κ1) is 29.2. The molecule has 5 N–H and O–H groups in total. The summed E-state index contributed by atoms with van der Waals surface area (Å²) in [5.74, 6) is 1.05. The number of benzene rings is 1. The Morgan fingerprint density at radius 1 is 0.833 bits per heavy atom. The van der Waals surface area contributed by atoms with E-state index in [1.54, 1.807) is 24.3 Å². The Morgan fingerprint density at radius 2 is 1.39 bits per heavy atom. The Labute approximate surface area is 217 Å². The number of nitrogens with one attached hydrogen (secondary N) is 3. The third kappa shape index (κ3) is 11.1. The third-order valence-corrected chi connectivity index (χ3v) is 6.35. The van der Waals surface area contributed by atoms with Crippen molar-refractivity contribution in [2.75, 3.05) is 30.1 Å². The van der Waals surface area contributed by atoms with Crippen LogP contribution in [0.1, 0.15) is 107 Å². The minimum absolute atomic E-state index is 0.344. The molecule has 0 saturated carbocycles. The lowest BCUT2D eigenvalue weighted by atomic mass is 10.0. The van der Waals surface area contributed by atoms with Gasteiger partial charge in [-0.2, -0.15) is 0 Å². The van der Waals surface area contributed by atoms with Crippen LogP contribution in [0.5, 0.6) is 5.75 Å². The van der Waals surface area contributed by atoms with Crippen LogP contribution in [0.3, 0.4) is 0 Å². The van der Waals surface area contributed by atoms with Crippen LogP contribution in [0.4, 0.5) is 17.3 Å². The zero-order valence-electron chi connectivity index (χ0n) is 22.3. The molecule has 0 atom stereocenters. The molecule has 2 rings (SSSR count). The van der Waals surface area contributed by atoms with Crippen LogP contribution in [0.2, 0.25) is 0 Å². The van der Waals surface area contributed by atoms with Crippen LogP contribution in [-0.4, -0.2) is 29.5 Å². The number of nitrogens with zero attached hydrogens (tertiary/aromatic N) is 2. The molecule has 8 heteroatoms. The van der Waals surface area contributed by atoms with Gasteiger partial charge in [0.1, 0.15) is 17.8 Å². The number of nitrogen functional groups attached to an aromatic ring is 1. The Balaban J connectivity index is 1.56. The normalized spacial score (nSPS) is 10.7. The lowest BCUT2D eigenvalue weighted by molar-refractivity contribution is 0.0959. The van der Waals surface area contributed by atoms with Gasteiger partial charge in [0.25, 0.3) is 5.91 Å². The number of ether oxygens (including phenoxy) is 1. The Morgan fingerprint density at radius 3 is 2.00 bits per heavy atom. The number of unbranched alkanes of at least 4 members (excludes halogenated alkanes) is 13. The van der Waals surface area contributed by atoms with Gasteiger partial charge in [-0.1, -0.05) is 103 Å². The lowest BCUT2D eigenvalue weighted by Crippen LogP contribution is -2.30. The van der Waals surface area contributed by atoms with E-state index in [1.165, 1.54) is 96.9 Å². The second-order valence-corrected chi connectivity index (χ2v) is 9.29. The van der Waals surface area contributed by atoms with Crippen LogP contribution in [0.25, 0.3) is 0 Å². The monoisotopic (exact) mass is 498 g/mol. The summed E-state index contributed by atoms with van der Waals surface area (Å²) in [6.45, 7) is 3.07. The second-order valence-electron chi connectivity index (χ2n) is 9.29. The number of hydrogen-bond acceptors (Lipinski definition) is 7. The number of aromatic nitrogens is 2. The molecule has 0 aliphatic rings. The smallest absolute Gasteiger partial charge is 0.273 e. The third-order valence-electron chi connectivity index (χ3n) is 6.35. The molecular formula is C28H46N6O2. The summed E-state index contributed by atoms with van der Waals surface area (Å²) < 4.78 is 5.23. The lowest BCUT2D eigenvalue weighted by Gasteiger charge is -2.14. The van der Waals surface area contributed by atoms with E-state index < -0.39 is 0 Å². The van der Waals surface area contributed by atoms with Gasteiger partial charge in [0.15, 0.2) is 11.6 Å². The van der Waals surface area contributed by atoms with Gasteiger partial charge in [0.05, 0.1) is 12.7 Å². The molecule has 0 saturated heterocycles. The number of hydrogen-bond donors (Lipinski definition) is 4. The van der Waals surface area contributed by atoms with Crippen molar-refractivity contribution in [2.24, 2.45) is 0 Å². The molecule has 200 valence electrons. The van der Waals surface area contributed by atoms with Crippen molar-refractivity contribution in [1.82, 2.24) is 15.4 Å². The quantitative estimate of drug-likeness (QED) is 0.118. The van der Waals surface area contributed by atoms with Crippen molar-refractivity contribution in [2.45, 2.75) is 96.8 Å². The van der Waals surface area contributed by atoms with E-state index in [0.717, 1.165) is 13.0 Å². The summed E-state index contributed by atoms with van der Waals surface area (Å²) in [7, 11) is 1.53. The maximum absolute atomic E-state index is 12.5. The van der Waals surface area contributed by atoms with Crippen molar-refractivity contribution in [3.05, 3.63) is 36.2 Å². The Bertz CT molecular complexity index is 877. The summed E-state index contributed by atoms with van der Waals surface area (Å²) in [4.78, 5) is 20.8. The van der Waals surface area contributed by atoms with E-state index in [4.69, 9.17) is 10.5 Å². The molecule has 0 radical (unpaired) electrons. The molecule has 0 bridgehead atoms. The first-order valence-electron chi connectivity index (χ1n) is 13.7. The highest BCUT2D eigenvalue weighted by atomic mass is 16.5. The summed E-state index contributed by atoms with van der Waals surface area (Å²) in [6.07, 6.45) is 20.1. The predicted molar refractivity (Wildman–Crippen MR) is 149 cm³/mol. The number of rotatable bonds is 20. The van der Waals surface area contributed by atoms with Crippen LogP contribution >= 0.6 is 0 Å². The van der Waals surface area contributed by atoms with E-state index >= 15 is 0 Å². The largest absolute Gasteiger partial charge is 0.496 e. The highest BCUT2D eigenvalue weighted by Gasteiger charge is 2.13. The molecule has 0 unspecified atom stereocenters. The van der Waals surface area contributed by atoms with Crippen LogP contribution in [0.15, 0.2) is 30.6 Å². The number of amides is 1. The zero-order valence-corrected chi connectivity index (χ0v) is 22.3. The maximum Gasteiger partial charge on any atom is 0.273 e. The molecule has 36 heavy (non-hydrogen) atoms. The molecule has 0 aliphatic carbocycles. The van der Waals surface area contributed by atoms with Crippen LogP contribution in [-0.2, 0) is 0 Å². The van der Waals surface area contributed by atoms with Gasteiger partial charge >= 0.3 is 0 Å². The van der Waals surface area contributed by atoms with Gasteiger partial charge in [-0.3, -0.25) is 15.6 Å². The molecule has 1 amide bonds. The van der Waals surface area contributed by atoms with E-state index in [0.29, 0.717) is 28.6 Å². The number of carbonyl (C=O) groups is 1. The van der Waals surface area contributed by atoms with Gasteiger partial charge in [0, 0.05) is 6.54 Å². The second kappa shape index (κ2) is 18.3. The summed E-state index contributed by atoms with van der Waals surface area (Å²) in [5, 5.41) is 3.29. The fraction of sp³-hybridized carbons (Fsp3) is 0.607.